The quantitative estimate of drug-likeness (QED) is 0.797. The van der Waals surface area contributed by atoms with E-state index in [9.17, 15) is 13.9 Å². The number of anilines is 1. The van der Waals surface area contributed by atoms with Crippen LogP contribution in [0.4, 0.5) is 13.9 Å². The van der Waals surface area contributed by atoms with Gasteiger partial charge in [-0.15, -0.1) is 10.2 Å². The summed E-state index contributed by atoms with van der Waals surface area (Å²) in [6, 6.07) is 3.67. The van der Waals surface area contributed by atoms with Gasteiger partial charge < -0.3 is 10.4 Å². The number of rotatable bonds is 6. The summed E-state index contributed by atoms with van der Waals surface area (Å²) in [6.07, 6.45) is 1.30. The molecule has 8 heteroatoms. The van der Waals surface area contributed by atoms with Gasteiger partial charge in [-0.05, 0) is 18.9 Å². The van der Waals surface area contributed by atoms with Crippen LogP contribution in [0.5, 0.6) is 0 Å². The van der Waals surface area contributed by atoms with Gasteiger partial charge in [0.25, 0.3) is 0 Å². The fourth-order valence-corrected chi connectivity index (χ4v) is 3.55. The van der Waals surface area contributed by atoms with Crippen LogP contribution in [0, 0.1) is 11.6 Å². The summed E-state index contributed by atoms with van der Waals surface area (Å²) in [4.78, 5) is 0. The van der Waals surface area contributed by atoms with Gasteiger partial charge in [-0.2, -0.15) is 0 Å². The Hall–Kier alpha value is -1.25. The monoisotopic (exact) mass is 329 g/mol. The molecule has 1 saturated carbocycles. The lowest BCUT2D eigenvalue weighted by Crippen LogP contribution is -2.03. The first kappa shape index (κ1) is 14.7. The number of benzene rings is 1. The smallest absolute Gasteiger partial charge is 0.206 e. The van der Waals surface area contributed by atoms with Crippen molar-refractivity contribution >= 4 is 28.2 Å². The predicted octanol–water partition coefficient (Wildman–Crippen LogP) is 3.22. The SMILES string of the molecule is OC(CSc1nnc(NC2CC2)s1)c1ccc(F)cc1F. The molecule has 0 bridgehead atoms. The first-order chi connectivity index (χ1) is 10.1. The van der Waals surface area contributed by atoms with Crippen LogP contribution in [-0.2, 0) is 0 Å². The van der Waals surface area contributed by atoms with Crippen LogP contribution in [-0.4, -0.2) is 27.1 Å². The molecule has 21 heavy (non-hydrogen) atoms. The Labute approximate surface area is 128 Å². The van der Waals surface area contributed by atoms with Gasteiger partial charge in [0.1, 0.15) is 11.6 Å². The zero-order valence-corrected chi connectivity index (χ0v) is 12.6. The molecule has 0 amide bonds. The van der Waals surface area contributed by atoms with Crippen molar-refractivity contribution < 1.29 is 13.9 Å². The normalized spacial score (nSPS) is 16.0. The van der Waals surface area contributed by atoms with Crippen LogP contribution in [0.15, 0.2) is 22.5 Å². The average Bonchev–Trinajstić information content (AvgIpc) is 3.13. The van der Waals surface area contributed by atoms with E-state index in [0.29, 0.717) is 10.4 Å². The van der Waals surface area contributed by atoms with Crippen molar-refractivity contribution in [2.24, 2.45) is 0 Å². The van der Waals surface area contributed by atoms with Crippen LogP contribution in [0.2, 0.25) is 0 Å². The summed E-state index contributed by atoms with van der Waals surface area (Å²) < 4.78 is 27.1. The summed E-state index contributed by atoms with van der Waals surface area (Å²) >= 11 is 2.71. The van der Waals surface area contributed by atoms with E-state index >= 15 is 0 Å². The van der Waals surface area contributed by atoms with Crippen molar-refractivity contribution in [2.75, 3.05) is 11.1 Å². The van der Waals surface area contributed by atoms with Crippen molar-refractivity contribution in [3.05, 3.63) is 35.4 Å². The Bertz CT molecular complexity index is 634. The first-order valence-electron chi connectivity index (χ1n) is 6.47. The van der Waals surface area contributed by atoms with Crippen molar-refractivity contribution in [2.45, 2.75) is 29.3 Å². The second-order valence-electron chi connectivity index (χ2n) is 4.78. The fraction of sp³-hybridized carbons (Fsp3) is 0.385. The third-order valence-electron chi connectivity index (χ3n) is 3.00. The molecule has 1 aromatic carbocycles. The van der Waals surface area contributed by atoms with E-state index in [4.69, 9.17) is 0 Å². The maximum absolute atomic E-state index is 13.5. The summed E-state index contributed by atoms with van der Waals surface area (Å²) in [5.41, 5.74) is 0.0877. The van der Waals surface area contributed by atoms with Gasteiger partial charge in [0.05, 0.1) is 6.10 Å². The lowest BCUT2D eigenvalue weighted by Gasteiger charge is -2.10. The van der Waals surface area contributed by atoms with E-state index in [1.807, 2.05) is 0 Å². The summed E-state index contributed by atoms with van der Waals surface area (Å²) in [5.74, 6) is -1.16. The molecule has 3 rings (SSSR count). The molecule has 1 atom stereocenters. The molecule has 2 aromatic rings. The number of halogens is 2. The molecule has 0 aliphatic heterocycles. The minimum absolute atomic E-state index is 0.0877. The number of hydrogen-bond donors (Lipinski definition) is 2. The van der Waals surface area contributed by atoms with Gasteiger partial charge in [-0.1, -0.05) is 29.2 Å². The van der Waals surface area contributed by atoms with Crippen molar-refractivity contribution in [3.8, 4) is 0 Å². The number of aliphatic hydroxyl groups excluding tert-OH is 1. The van der Waals surface area contributed by atoms with Gasteiger partial charge in [0.15, 0.2) is 4.34 Å². The van der Waals surface area contributed by atoms with E-state index in [-0.39, 0.29) is 11.3 Å². The van der Waals surface area contributed by atoms with Gasteiger partial charge >= 0.3 is 0 Å². The molecule has 112 valence electrons. The standard InChI is InChI=1S/C13H13F2N3OS2/c14-7-1-4-9(10(15)5-7)11(19)6-20-13-18-17-12(21-13)16-8-2-3-8/h1,4-5,8,11,19H,2-3,6H2,(H,16,17). The van der Waals surface area contributed by atoms with Crippen LogP contribution in [0.3, 0.4) is 0 Å². The fourth-order valence-electron chi connectivity index (χ4n) is 1.74. The molecule has 1 aliphatic carbocycles. The van der Waals surface area contributed by atoms with Crippen molar-refractivity contribution in [1.82, 2.24) is 10.2 Å². The molecule has 1 aromatic heterocycles. The van der Waals surface area contributed by atoms with E-state index in [0.717, 1.165) is 30.1 Å². The molecule has 1 fully saturated rings. The largest absolute Gasteiger partial charge is 0.387 e. The maximum atomic E-state index is 13.5. The highest BCUT2D eigenvalue weighted by Crippen LogP contribution is 2.32. The van der Waals surface area contributed by atoms with Gasteiger partial charge in [-0.3, -0.25) is 0 Å². The van der Waals surface area contributed by atoms with E-state index in [1.54, 1.807) is 0 Å². The highest BCUT2D eigenvalue weighted by Gasteiger charge is 2.22. The first-order valence-corrected chi connectivity index (χ1v) is 8.28. The minimum atomic E-state index is -1.01. The highest BCUT2D eigenvalue weighted by molar-refractivity contribution is 8.01. The van der Waals surface area contributed by atoms with Crippen LogP contribution in [0.25, 0.3) is 0 Å². The summed E-state index contributed by atoms with van der Waals surface area (Å²) in [6.45, 7) is 0. The van der Waals surface area contributed by atoms with E-state index in [1.165, 1.54) is 29.2 Å². The maximum Gasteiger partial charge on any atom is 0.206 e. The van der Waals surface area contributed by atoms with Gasteiger partial charge in [0, 0.05) is 23.4 Å². The molecule has 4 nitrogen and oxygen atoms in total. The number of nitrogens with zero attached hydrogens (tertiary/aromatic N) is 2. The minimum Gasteiger partial charge on any atom is -0.387 e. The lowest BCUT2D eigenvalue weighted by atomic mass is 10.1. The summed E-state index contributed by atoms with van der Waals surface area (Å²) in [5, 5.41) is 22.0. The van der Waals surface area contributed by atoms with Crippen molar-refractivity contribution in [1.29, 1.82) is 0 Å². The molecule has 1 unspecified atom stereocenters. The topological polar surface area (TPSA) is 58.0 Å². The predicted molar refractivity (Wildman–Crippen MR) is 78.6 cm³/mol. The van der Waals surface area contributed by atoms with E-state index in [2.05, 4.69) is 15.5 Å². The molecule has 0 spiro atoms. The third-order valence-corrected chi connectivity index (χ3v) is 5.06. The zero-order valence-electron chi connectivity index (χ0n) is 10.9. The van der Waals surface area contributed by atoms with Crippen LogP contribution < -0.4 is 5.32 Å². The molecule has 2 N–H and O–H groups in total. The Kier molecular flexibility index (Phi) is 4.37. The number of hydrogen-bond acceptors (Lipinski definition) is 6. The zero-order chi connectivity index (χ0) is 14.8. The second-order valence-corrected chi connectivity index (χ2v) is 7.03. The Morgan fingerprint density at radius 2 is 2.19 bits per heavy atom. The number of thioether (sulfide) groups is 1. The highest BCUT2D eigenvalue weighted by atomic mass is 32.2. The van der Waals surface area contributed by atoms with Crippen LogP contribution in [0.1, 0.15) is 24.5 Å². The van der Waals surface area contributed by atoms with Crippen LogP contribution >= 0.6 is 23.1 Å². The molecule has 1 heterocycles. The van der Waals surface area contributed by atoms with Crippen molar-refractivity contribution in [3.63, 3.8) is 0 Å². The molecular formula is C13H13F2N3OS2. The Morgan fingerprint density at radius 3 is 2.90 bits per heavy atom. The Balaban J connectivity index is 1.57. The molecule has 0 saturated heterocycles. The molecule has 1 aliphatic rings. The average molecular weight is 329 g/mol. The van der Waals surface area contributed by atoms with Gasteiger partial charge in [-0.25, -0.2) is 8.78 Å². The molecule has 0 radical (unpaired) electrons. The molecular weight excluding hydrogens is 316 g/mol. The van der Waals surface area contributed by atoms with E-state index < -0.39 is 17.7 Å². The number of aromatic nitrogens is 2. The Morgan fingerprint density at radius 1 is 1.38 bits per heavy atom. The second kappa shape index (κ2) is 6.25. The lowest BCUT2D eigenvalue weighted by molar-refractivity contribution is 0.198. The summed E-state index contributed by atoms with van der Waals surface area (Å²) in [7, 11) is 0. The van der Waals surface area contributed by atoms with Gasteiger partial charge in [0.2, 0.25) is 5.13 Å². The third kappa shape index (κ3) is 3.90. The number of aliphatic hydroxyl groups is 1. The number of nitrogens with one attached hydrogen (secondary N) is 1.